The summed E-state index contributed by atoms with van der Waals surface area (Å²) in [5.74, 6) is -0.725. The minimum atomic E-state index is -0.317. The van der Waals surface area contributed by atoms with Gasteiger partial charge in [-0.3, -0.25) is 4.79 Å². The second-order valence-corrected chi connectivity index (χ2v) is 4.42. The molecule has 0 aromatic heterocycles. The Hall–Kier alpha value is -1.22. The quantitative estimate of drug-likeness (QED) is 0.790. The van der Waals surface area contributed by atoms with E-state index in [2.05, 4.69) is 0 Å². The second kappa shape index (κ2) is 5.92. The molecule has 0 saturated carbocycles. The predicted molar refractivity (Wildman–Crippen MR) is 68.0 cm³/mol. The SMILES string of the molecule is CCCC(=O)c1c(O)c(Cl)cc(CCC)c1O. The van der Waals surface area contributed by atoms with E-state index in [-0.39, 0.29) is 34.3 Å². The number of benzene rings is 1. The van der Waals surface area contributed by atoms with Gasteiger partial charge in [-0.25, -0.2) is 0 Å². The monoisotopic (exact) mass is 256 g/mol. The molecule has 4 heteroatoms. The van der Waals surface area contributed by atoms with Crippen molar-refractivity contribution in [1.29, 1.82) is 0 Å². The fourth-order valence-corrected chi connectivity index (χ4v) is 1.98. The lowest BCUT2D eigenvalue weighted by molar-refractivity contribution is 0.0976. The number of Topliss-reactive ketones (excluding diaryl/α,β-unsaturated/α-hetero) is 1. The number of halogens is 1. The summed E-state index contributed by atoms with van der Waals surface area (Å²) >= 11 is 5.86. The molecule has 0 aliphatic heterocycles. The number of rotatable bonds is 5. The predicted octanol–water partition coefficient (Wildman–Crippen LogP) is 3.69. The van der Waals surface area contributed by atoms with Crippen molar-refractivity contribution in [3.8, 4) is 11.5 Å². The van der Waals surface area contributed by atoms with Gasteiger partial charge in [0.2, 0.25) is 0 Å². The number of aryl methyl sites for hydroxylation is 1. The van der Waals surface area contributed by atoms with Crippen molar-refractivity contribution in [2.45, 2.75) is 39.5 Å². The molecular formula is C13H17ClO3. The highest BCUT2D eigenvalue weighted by Crippen LogP contribution is 2.38. The Balaban J connectivity index is 3.31. The topological polar surface area (TPSA) is 57.5 Å². The minimum Gasteiger partial charge on any atom is -0.507 e. The minimum absolute atomic E-state index is 0.0391. The van der Waals surface area contributed by atoms with Gasteiger partial charge in [0, 0.05) is 6.42 Å². The van der Waals surface area contributed by atoms with Gasteiger partial charge in [-0.1, -0.05) is 31.9 Å². The summed E-state index contributed by atoms with van der Waals surface area (Å²) < 4.78 is 0. The van der Waals surface area contributed by atoms with Crippen LogP contribution < -0.4 is 0 Å². The van der Waals surface area contributed by atoms with Gasteiger partial charge in [0.1, 0.15) is 17.1 Å². The zero-order valence-corrected chi connectivity index (χ0v) is 10.8. The summed E-state index contributed by atoms with van der Waals surface area (Å²) in [6.07, 6.45) is 2.40. The van der Waals surface area contributed by atoms with Gasteiger partial charge in [-0.2, -0.15) is 0 Å². The van der Waals surface area contributed by atoms with Gasteiger partial charge < -0.3 is 10.2 Å². The maximum Gasteiger partial charge on any atom is 0.170 e. The molecule has 3 nitrogen and oxygen atoms in total. The van der Waals surface area contributed by atoms with Crippen molar-refractivity contribution in [3.05, 3.63) is 22.2 Å². The zero-order valence-electron chi connectivity index (χ0n) is 10.1. The van der Waals surface area contributed by atoms with E-state index in [0.29, 0.717) is 18.4 Å². The largest absolute Gasteiger partial charge is 0.507 e. The Bertz CT molecular complexity index is 427. The van der Waals surface area contributed by atoms with Gasteiger partial charge in [-0.15, -0.1) is 0 Å². The van der Waals surface area contributed by atoms with Gasteiger partial charge in [0.25, 0.3) is 0 Å². The van der Waals surface area contributed by atoms with Crippen molar-refractivity contribution in [3.63, 3.8) is 0 Å². The number of phenols is 2. The van der Waals surface area contributed by atoms with Crippen LogP contribution in [0.25, 0.3) is 0 Å². The number of phenolic OH excluding ortho intramolecular Hbond substituents is 2. The summed E-state index contributed by atoms with van der Waals surface area (Å²) in [4.78, 5) is 11.8. The third-order valence-electron chi connectivity index (χ3n) is 2.58. The maximum absolute atomic E-state index is 11.8. The second-order valence-electron chi connectivity index (χ2n) is 4.01. The van der Waals surface area contributed by atoms with Crippen LogP contribution in [0.3, 0.4) is 0 Å². The number of hydrogen-bond donors (Lipinski definition) is 2. The molecule has 2 N–H and O–H groups in total. The first kappa shape index (κ1) is 13.8. The average Bonchev–Trinajstić information content (AvgIpc) is 2.27. The molecule has 0 spiro atoms. The van der Waals surface area contributed by atoms with Crippen LogP contribution >= 0.6 is 11.6 Å². The first-order valence-electron chi connectivity index (χ1n) is 5.79. The highest BCUT2D eigenvalue weighted by Gasteiger charge is 2.21. The molecule has 0 bridgehead atoms. The third kappa shape index (κ3) is 2.91. The van der Waals surface area contributed by atoms with Crippen LogP contribution in [0.15, 0.2) is 6.07 Å². The van der Waals surface area contributed by atoms with Crippen LogP contribution in [0.4, 0.5) is 0 Å². The molecule has 94 valence electrons. The number of ketones is 1. The third-order valence-corrected chi connectivity index (χ3v) is 2.87. The fraction of sp³-hybridized carbons (Fsp3) is 0.462. The van der Waals surface area contributed by atoms with Gasteiger partial charge in [0.15, 0.2) is 5.78 Å². The number of aromatic hydroxyl groups is 2. The van der Waals surface area contributed by atoms with Crippen LogP contribution in [0.2, 0.25) is 5.02 Å². The van der Waals surface area contributed by atoms with Crippen molar-refractivity contribution in [1.82, 2.24) is 0 Å². The van der Waals surface area contributed by atoms with Crippen molar-refractivity contribution < 1.29 is 15.0 Å². The molecule has 0 radical (unpaired) electrons. The van der Waals surface area contributed by atoms with E-state index < -0.39 is 0 Å². The van der Waals surface area contributed by atoms with E-state index in [1.807, 2.05) is 13.8 Å². The Kier molecular flexibility index (Phi) is 4.82. The van der Waals surface area contributed by atoms with E-state index in [1.165, 1.54) is 6.07 Å². The molecule has 0 saturated heterocycles. The van der Waals surface area contributed by atoms with Crippen molar-refractivity contribution in [2.75, 3.05) is 0 Å². The molecule has 0 fully saturated rings. The first-order valence-corrected chi connectivity index (χ1v) is 6.17. The molecule has 0 heterocycles. The summed E-state index contributed by atoms with van der Waals surface area (Å²) in [6.45, 7) is 3.83. The van der Waals surface area contributed by atoms with E-state index in [1.54, 1.807) is 0 Å². The van der Waals surface area contributed by atoms with Crippen LogP contribution in [0.1, 0.15) is 49.0 Å². The molecule has 17 heavy (non-hydrogen) atoms. The molecule has 0 atom stereocenters. The molecule has 1 aromatic carbocycles. The molecule has 0 aliphatic rings. The Morgan fingerprint density at radius 1 is 1.24 bits per heavy atom. The van der Waals surface area contributed by atoms with Gasteiger partial charge in [0.05, 0.1) is 5.02 Å². The zero-order chi connectivity index (χ0) is 13.0. The van der Waals surface area contributed by atoms with E-state index in [0.717, 1.165) is 6.42 Å². The lowest BCUT2D eigenvalue weighted by Gasteiger charge is -2.12. The van der Waals surface area contributed by atoms with Crippen molar-refractivity contribution in [2.24, 2.45) is 0 Å². The van der Waals surface area contributed by atoms with Crippen molar-refractivity contribution >= 4 is 17.4 Å². The van der Waals surface area contributed by atoms with Gasteiger partial charge in [-0.05, 0) is 24.5 Å². The standard InChI is InChI=1S/C13H17ClO3/c1-3-5-8-7-9(14)13(17)11(12(8)16)10(15)6-4-2/h7,16-17H,3-6H2,1-2H3. The molecule has 0 amide bonds. The summed E-state index contributed by atoms with van der Waals surface area (Å²) in [7, 11) is 0. The van der Waals surface area contributed by atoms with Crippen LogP contribution in [-0.2, 0) is 6.42 Å². The van der Waals surface area contributed by atoms with E-state index in [4.69, 9.17) is 11.6 Å². The molecule has 1 aromatic rings. The maximum atomic E-state index is 11.8. The highest BCUT2D eigenvalue weighted by molar-refractivity contribution is 6.33. The average molecular weight is 257 g/mol. The molecule has 0 unspecified atom stereocenters. The molecule has 1 rings (SSSR count). The van der Waals surface area contributed by atoms with Crippen LogP contribution in [0.5, 0.6) is 11.5 Å². The van der Waals surface area contributed by atoms with E-state index >= 15 is 0 Å². The first-order chi connectivity index (χ1) is 8.02. The number of carbonyl (C=O) groups is 1. The number of carbonyl (C=O) groups excluding carboxylic acids is 1. The fourth-order valence-electron chi connectivity index (χ4n) is 1.76. The molecular weight excluding hydrogens is 240 g/mol. The lowest BCUT2D eigenvalue weighted by Crippen LogP contribution is -2.02. The Morgan fingerprint density at radius 3 is 2.41 bits per heavy atom. The normalized spacial score (nSPS) is 10.5. The van der Waals surface area contributed by atoms with E-state index in [9.17, 15) is 15.0 Å². The molecule has 0 aliphatic carbocycles. The highest BCUT2D eigenvalue weighted by atomic mass is 35.5. The lowest BCUT2D eigenvalue weighted by atomic mass is 9.99. The smallest absolute Gasteiger partial charge is 0.170 e. The summed E-state index contributed by atoms with van der Waals surface area (Å²) in [6, 6.07) is 1.51. The summed E-state index contributed by atoms with van der Waals surface area (Å²) in [5.41, 5.74) is 0.567. The summed E-state index contributed by atoms with van der Waals surface area (Å²) in [5, 5.41) is 19.9. The van der Waals surface area contributed by atoms with Crippen LogP contribution in [0, 0.1) is 0 Å². The Labute approximate surface area is 106 Å². The Morgan fingerprint density at radius 2 is 1.88 bits per heavy atom. The van der Waals surface area contributed by atoms with Gasteiger partial charge >= 0.3 is 0 Å². The van der Waals surface area contributed by atoms with Crippen LogP contribution in [-0.4, -0.2) is 16.0 Å². The number of hydrogen-bond acceptors (Lipinski definition) is 3.